The van der Waals surface area contributed by atoms with Crippen molar-refractivity contribution in [3.63, 3.8) is 0 Å². The minimum absolute atomic E-state index is 0.292. The second kappa shape index (κ2) is 8.16. The molecule has 2 aromatic carbocycles. The van der Waals surface area contributed by atoms with Crippen molar-refractivity contribution in [3.8, 4) is 22.9 Å². The normalized spacial score (nSPS) is 22.5. The topological polar surface area (TPSA) is 117 Å². The molecule has 1 spiro atoms. The number of aromatic nitrogens is 2. The van der Waals surface area contributed by atoms with E-state index in [0.29, 0.717) is 41.7 Å². The van der Waals surface area contributed by atoms with Crippen molar-refractivity contribution in [1.82, 2.24) is 25.9 Å². The minimum Gasteiger partial charge on any atom is -0.416 e. The van der Waals surface area contributed by atoms with Gasteiger partial charge in [0.25, 0.3) is 11.8 Å². The third kappa shape index (κ3) is 3.86. The Balaban J connectivity index is 1.27. The van der Waals surface area contributed by atoms with Crippen LogP contribution in [0.2, 0.25) is 0 Å². The number of amides is 4. The fraction of sp³-hybridized carbons (Fsp3) is 0.292. The lowest BCUT2D eigenvalue weighted by Gasteiger charge is -2.33. The molecule has 1 aliphatic heterocycles. The van der Waals surface area contributed by atoms with Gasteiger partial charge in [0.1, 0.15) is 5.54 Å². The molecule has 0 atom stereocenters. The van der Waals surface area contributed by atoms with Gasteiger partial charge >= 0.3 is 6.03 Å². The molecule has 1 saturated heterocycles. The van der Waals surface area contributed by atoms with E-state index in [4.69, 9.17) is 4.42 Å². The Morgan fingerprint density at radius 1 is 1.00 bits per heavy atom. The fourth-order valence-corrected chi connectivity index (χ4v) is 4.28. The van der Waals surface area contributed by atoms with Gasteiger partial charge in [0.15, 0.2) is 0 Å². The predicted octanol–water partition coefficient (Wildman–Crippen LogP) is 3.55. The molecule has 9 heteroatoms. The van der Waals surface area contributed by atoms with Crippen molar-refractivity contribution in [2.75, 3.05) is 0 Å². The number of hydrogen-bond acceptors (Lipinski definition) is 6. The number of imide groups is 1. The highest BCUT2D eigenvalue weighted by Crippen LogP contribution is 2.35. The monoisotopic (exact) mass is 445 g/mol. The molecular weight excluding hydrogens is 422 g/mol. The molecule has 2 aliphatic rings. The van der Waals surface area contributed by atoms with Crippen LogP contribution in [0.25, 0.3) is 22.9 Å². The number of hydrazine groups is 1. The molecule has 5 rings (SSSR count). The molecule has 2 fully saturated rings. The summed E-state index contributed by atoms with van der Waals surface area (Å²) in [7, 11) is 0. The molecule has 4 amide bonds. The van der Waals surface area contributed by atoms with Gasteiger partial charge in [-0.25, -0.2) is 4.79 Å². The third-order valence-corrected chi connectivity index (χ3v) is 6.34. The molecule has 2 heterocycles. The van der Waals surface area contributed by atoms with Gasteiger partial charge in [0, 0.05) is 16.7 Å². The van der Waals surface area contributed by atoms with E-state index in [0.717, 1.165) is 23.4 Å². The Labute approximate surface area is 190 Å². The van der Waals surface area contributed by atoms with Crippen molar-refractivity contribution in [3.05, 3.63) is 60.2 Å². The van der Waals surface area contributed by atoms with Gasteiger partial charge in [-0.3, -0.25) is 15.0 Å². The number of nitrogens with zero attached hydrogens (tertiary/aromatic N) is 3. The van der Waals surface area contributed by atoms with Crippen LogP contribution in [0.1, 0.15) is 43.0 Å². The number of nitrogens with one attached hydrogen (secondary N) is 2. The second-order valence-electron chi connectivity index (χ2n) is 8.63. The average molecular weight is 445 g/mol. The number of rotatable bonds is 4. The maximum atomic E-state index is 12.9. The standard InChI is InChI=1S/C24H23N5O4/c1-15-11-13-24(14-12-15)22(31)29(23(32)25-24)28-19(30)16-7-9-18(10-8-16)21-27-26-20(33-21)17-5-3-2-4-6-17/h2-10,15H,11-14H2,1H3,(H,25,32)(H,28,30). The molecule has 1 saturated carbocycles. The van der Waals surface area contributed by atoms with Crippen molar-refractivity contribution < 1.29 is 18.8 Å². The summed E-state index contributed by atoms with van der Waals surface area (Å²) in [5, 5.41) is 11.7. The zero-order valence-corrected chi connectivity index (χ0v) is 18.1. The van der Waals surface area contributed by atoms with E-state index in [-0.39, 0.29) is 0 Å². The van der Waals surface area contributed by atoms with Crippen LogP contribution in [-0.4, -0.2) is 38.6 Å². The molecule has 33 heavy (non-hydrogen) atoms. The van der Waals surface area contributed by atoms with Gasteiger partial charge in [-0.1, -0.05) is 25.1 Å². The van der Waals surface area contributed by atoms with E-state index in [2.05, 4.69) is 27.9 Å². The van der Waals surface area contributed by atoms with E-state index in [1.165, 1.54) is 0 Å². The van der Waals surface area contributed by atoms with Crippen molar-refractivity contribution in [1.29, 1.82) is 0 Å². The largest absolute Gasteiger partial charge is 0.416 e. The van der Waals surface area contributed by atoms with Crippen molar-refractivity contribution in [2.24, 2.45) is 5.92 Å². The molecule has 1 aliphatic carbocycles. The summed E-state index contributed by atoms with van der Waals surface area (Å²) in [6, 6.07) is 15.3. The lowest BCUT2D eigenvalue weighted by Crippen LogP contribution is -2.51. The lowest BCUT2D eigenvalue weighted by molar-refractivity contribution is -0.134. The van der Waals surface area contributed by atoms with Crippen LogP contribution < -0.4 is 10.7 Å². The highest BCUT2D eigenvalue weighted by atomic mass is 16.4. The quantitative estimate of drug-likeness (QED) is 0.593. The highest BCUT2D eigenvalue weighted by molar-refractivity contribution is 6.09. The first-order chi connectivity index (χ1) is 15.9. The Morgan fingerprint density at radius 2 is 1.61 bits per heavy atom. The number of urea groups is 1. The van der Waals surface area contributed by atoms with Crippen LogP contribution in [0.5, 0.6) is 0 Å². The molecule has 1 aromatic heterocycles. The maximum Gasteiger partial charge on any atom is 0.344 e. The first-order valence-corrected chi connectivity index (χ1v) is 10.9. The Bertz CT molecular complexity index is 1200. The smallest absolute Gasteiger partial charge is 0.344 e. The number of carbonyl (C=O) groups excluding carboxylic acids is 3. The molecule has 0 radical (unpaired) electrons. The Kier molecular flexibility index (Phi) is 5.16. The summed E-state index contributed by atoms with van der Waals surface area (Å²) in [5.74, 6) is 0.288. The van der Waals surface area contributed by atoms with Gasteiger partial charge in [-0.05, 0) is 68.0 Å². The van der Waals surface area contributed by atoms with E-state index in [1.54, 1.807) is 24.3 Å². The molecule has 0 bridgehead atoms. The molecule has 3 aromatic rings. The molecule has 168 valence electrons. The van der Waals surface area contributed by atoms with Crippen molar-refractivity contribution in [2.45, 2.75) is 38.1 Å². The van der Waals surface area contributed by atoms with Crippen LogP contribution in [0.4, 0.5) is 4.79 Å². The van der Waals surface area contributed by atoms with Gasteiger partial charge in [0.05, 0.1) is 0 Å². The molecule has 9 nitrogen and oxygen atoms in total. The van der Waals surface area contributed by atoms with Gasteiger partial charge in [-0.15, -0.1) is 10.2 Å². The summed E-state index contributed by atoms with van der Waals surface area (Å²) in [6.07, 6.45) is 2.87. The maximum absolute atomic E-state index is 12.9. The highest BCUT2D eigenvalue weighted by Gasteiger charge is 2.52. The van der Waals surface area contributed by atoms with E-state index in [9.17, 15) is 14.4 Å². The van der Waals surface area contributed by atoms with Crippen LogP contribution in [-0.2, 0) is 4.79 Å². The number of carbonyl (C=O) groups is 3. The van der Waals surface area contributed by atoms with Crippen LogP contribution in [0.15, 0.2) is 59.0 Å². The number of benzene rings is 2. The summed E-state index contributed by atoms with van der Waals surface area (Å²) < 4.78 is 5.73. The molecule has 2 N–H and O–H groups in total. The van der Waals surface area contributed by atoms with Gasteiger partial charge in [0.2, 0.25) is 11.8 Å². The first kappa shape index (κ1) is 20.9. The zero-order valence-electron chi connectivity index (χ0n) is 18.1. The zero-order chi connectivity index (χ0) is 23.0. The third-order valence-electron chi connectivity index (χ3n) is 6.34. The lowest BCUT2D eigenvalue weighted by atomic mass is 9.77. The van der Waals surface area contributed by atoms with Crippen LogP contribution in [0, 0.1) is 5.92 Å². The first-order valence-electron chi connectivity index (χ1n) is 10.9. The Morgan fingerprint density at radius 3 is 2.24 bits per heavy atom. The SMILES string of the molecule is CC1CCC2(CC1)NC(=O)N(NC(=O)c1ccc(-c3nnc(-c4ccccc4)o3)cc1)C2=O. The van der Waals surface area contributed by atoms with Crippen LogP contribution in [0.3, 0.4) is 0 Å². The summed E-state index contributed by atoms with van der Waals surface area (Å²) in [6.45, 7) is 2.13. The van der Waals surface area contributed by atoms with Crippen molar-refractivity contribution >= 4 is 17.8 Å². The van der Waals surface area contributed by atoms with E-state index in [1.807, 2.05) is 30.3 Å². The molecular formula is C24H23N5O4. The van der Waals surface area contributed by atoms with Crippen LogP contribution >= 0.6 is 0 Å². The summed E-state index contributed by atoms with van der Waals surface area (Å²) >= 11 is 0. The summed E-state index contributed by atoms with van der Waals surface area (Å²) in [5.41, 5.74) is 3.28. The number of hydrogen-bond donors (Lipinski definition) is 2. The Hall–Kier alpha value is -4.01. The molecule has 0 unspecified atom stereocenters. The summed E-state index contributed by atoms with van der Waals surface area (Å²) in [4.78, 5) is 38.1. The fourth-order valence-electron chi connectivity index (χ4n) is 4.28. The van der Waals surface area contributed by atoms with Gasteiger partial charge < -0.3 is 9.73 Å². The predicted molar refractivity (Wildman–Crippen MR) is 118 cm³/mol. The average Bonchev–Trinajstić information content (AvgIpc) is 3.42. The van der Waals surface area contributed by atoms with E-state index >= 15 is 0 Å². The van der Waals surface area contributed by atoms with Gasteiger partial charge in [-0.2, -0.15) is 5.01 Å². The second-order valence-corrected chi connectivity index (χ2v) is 8.63. The van der Waals surface area contributed by atoms with E-state index < -0.39 is 23.4 Å². The minimum atomic E-state index is -0.908.